The number of benzene rings is 1. The summed E-state index contributed by atoms with van der Waals surface area (Å²) in [5, 5.41) is 20.5. The van der Waals surface area contributed by atoms with Gasteiger partial charge in [0.15, 0.2) is 0 Å². The molecule has 0 amide bonds. The molecule has 0 aromatic heterocycles. The second-order valence-electron chi connectivity index (χ2n) is 4.28. The minimum absolute atomic E-state index is 0.150. The van der Waals surface area contributed by atoms with Crippen molar-refractivity contribution < 1.29 is 32.9 Å². The molecule has 1 aliphatic rings. The molecule has 1 heterocycles. The number of carbonyl (C=O) groups excluding carboxylic acids is 1. The number of rotatable bonds is 2. The highest BCUT2D eigenvalue weighted by molar-refractivity contribution is 5.94. The number of aliphatic carboxylic acids is 1. The second-order valence-corrected chi connectivity index (χ2v) is 4.28. The summed E-state index contributed by atoms with van der Waals surface area (Å²) in [5.41, 5.74) is -0.790. The summed E-state index contributed by atoms with van der Waals surface area (Å²) in [4.78, 5) is 10.9. The van der Waals surface area contributed by atoms with Crippen molar-refractivity contribution in [1.82, 2.24) is 0 Å². The lowest BCUT2D eigenvalue weighted by Crippen LogP contribution is -2.56. The predicted octanol–water partition coefficient (Wildman–Crippen LogP) is 1.03. The Morgan fingerprint density at radius 3 is 2.60 bits per heavy atom. The summed E-state index contributed by atoms with van der Waals surface area (Å²) in [5.74, 6) is -6.23. The molecule has 0 radical (unpaired) electrons. The van der Waals surface area contributed by atoms with Gasteiger partial charge in [-0.25, -0.2) is 0 Å². The number of ether oxygens (including phenoxy) is 1. The van der Waals surface area contributed by atoms with Crippen molar-refractivity contribution in [3.05, 3.63) is 34.9 Å². The van der Waals surface area contributed by atoms with Crippen molar-refractivity contribution in [3.8, 4) is 5.75 Å². The number of hydrogen-bond donors (Lipinski definition) is 1. The maximum atomic E-state index is 13.0. The Kier molecular flexibility index (Phi) is 3.25. The van der Waals surface area contributed by atoms with Crippen LogP contribution in [0.2, 0.25) is 0 Å². The van der Waals surface area contributed by atoms with Gasteiger partial charge in [-0.15, -0.1) is 0 Å². The second kappa shape index (κ2) is 4.52. The van der Waals surface area contributed by atoms with E-state index in [0.29, 0.717) is 12.0 Å². The minimum atomic E-state index is -5.31. The quantitative estimate of drug-likeness (QED) is 0.882. The molecule has 7 heteroatoms. The Balaban J connectivity index is 2.69. The zero-order chi connectivity index (χ0) is 15.1. The van der Waals surface area contributed by atoms with Gasteiger partial charge >= 0.3 is 12.0 Å². The van der Waals surface area contributed by atoms with Gasteiger partial charge in [0.05, 0.1) is 11.5 Å². The van der Waals surface area contributed by atoms with Crippen molar-refractivity contribution >= 4 is 12.0 Å². The van der Waals surface area contributed by atoms with E-state index in [4.69, 9.17) is 0 Å². The van der Waals surface area contributed by atoms with Crippen LogP contribution in [0.15, 0.2) is 23.8 Å². The van der Waals surface area contributed by atoms with Crippen LogP contribution in [0.5, 0.6) is 5.75 Å². The first-order chi connectivity index (χ1) is 9.20. The molecule has 1 aromatic rings. The predicted molar refractivity (Wildman–Crippen MR) is 60.4 cm³/mol. The number of carboxylic acids is 1. The molecule has 4 nitrogen and oxygen atoms in total. The summed E-state index contributed by atoms with van der Waals surface area (Å²) in [6, 6.07) is 4.49. The fraction of sp³-hybridized carbons (Fsp3) is 0.308. The van der Waals surface area contributed by atoms with Crippen LogP contribution in [0.3, 0.4) is 0 Å². The lowest BCUT2D eigenvalue weighted by Gasteiger charge is -2.37. The zero-order valence-corrected chi connectivity index (χ0v) is 10.3. The molecule has 108 valence electrons. The van der Waals surface area contributed by atoms with Gasteiger partial charge in [-0.05, 0) is 18.1 Å². The van der Waals surface area contributed by atoms with Crippen molar-refractivity contribution in [2.75, 3.05) is 0 Å². The number of hydrogen-bond acceptors (Lipinski definition) is 4. The van der Waals surface area contributed by atoms with E-state index in [1.165, 1.54) is 12.1 Å². The number of fused-ring (bicyclic) bond motifs is 1. The Bertz CT molecular complexity index is 592. The van der Waals surface area contributed by atoms with Crippen LogP contribution in [-0.4, -0.2) is 23.0 Å². The number of aryl methyl sites for hydroxylation is 1. The number of carboxylic acid groups (broad SMARTS) is 1. The van der Waals surface area contributed by atoms with Gasteiger partial charge in [-0.3, -0.25) is 0 Å². The molecule has 0 spiro atoms. The third-order valence-corrected chi connectivity index (χ3v) is 3.03. The maximum Gasteiger partial charge on any atom is 0.460 e. The molecule has 1 aromatic carbocycles. The highest BCUT2D eigenvalue weighted by Crippen LogP contribution is 2.44. The molecule has 1 atom stereocenters. The lowest BCUT2D eigenvalue weighted by atomic mass is 9.95. The lowest BCUT2D eigenvalue weighted by molar-refractivity contribution is -0.334. The van der Waals surface area contributed by atoms with Gasteiger partial charge in [-0.1, -0.05) is 25.1 Å². The van der Waals surface area contributed by atoms with Crippen LogP contribution in [0.4, 0.5) is 13.2 Å². The molecule has 1 N–H and O–H groups in total. The average Bonchev–Trinajstić information content (AvgIpc) is 2.35. The normalized spacial score (nSPS) is 21.8. The minimum Gasteiger partial charge on any atom is -0.545 e. The van der Waals surface area contributed by atoms with Crippen LogP contribution < -0.4 is 9.84 Å². The van der Waals surface area contributed by atoms with Crippen molar-refractivity contribution in [2.45, 2.75) is 25.3 Å². The van der Waals surface area contributed by atoms with E-state index in [1.807, 2.05) is 0 Å². The van der Waals surface area contributed by atoms with E-state index in [2.05, 4.69) is 4.74 Å². The number of aliphatic hydroxyl groups is 1. The van der Waals surface area contributed by atoms with Crippen LogP contribution in [-0.2, 0) is 11.2 Å². The van der Waals surface area contributed by atoms with Crippen LogP contribution in [0.1, 0.15) is 18.1 Å². The van der Waals surface area contributed by atoms with Gasteiger partial charge in [0.1, 0.15) is 5.75 Å². The Morgan fingerprint density at radius 2 is 2.10 bits per heavy atom. The van der Waals surface area contributed by atoms with Crippen molar-refractivity contribution in [3.63, 3.8) is 0 Å². The molecule has 20 heavy (non-hydrogen) atoms. The summed E-state index contributed by atoms with van der Waals surface area (Å²) >= 11 is 0. The summed E-state index contributed by atoms with van der Waals surface area (Å²) in [6.07, 6.45) is -4.22. The number of carbonyl (C=O) groups is 1. The van der Waals surface area contributed by atoms with Crippen LogP contribution >= 0.6 is 0 Å². The van der Waals surface area contributed by atoms with Gasteiger partial charge in [0.25, 0.3) is 0 Å². The van der Waals surface area contributed by atoms with Gasteiger partial charge in [0.2, 0.25) is 0 Å². The highest BCUT2D eigenvalue weighted by atomic mass is 19.4. The molecule has 0 saturated heterocycles. The van der Waals surface area contributed by atoms with E-state index in [0.717, 1.165) is 6.08 Å². The van der Waals surface area contributed by atoms with E-state index in [1.54, 1.807) is 13.0 Å². The fourth-order valence-corrected chi connectivity index (χ4v) is 1.99. The van der Waals surface area contributed by atoms with Gasteiger partial charge in [-0.2, -0.15) is 13.2 Å². The SMILES string of the molecule is CCc1cccc2c1OC(O)(C(F)(F)F)C(C(=O)[O-])=C2. The van der Waals surface area contributed by atoms with Crippen LogP contribution in [0.25, 0.3) is 6.08 Å². The third-order valence-electron chi connectivity index (χ3n) is 3.03. The van der Waals surface area contributed by atoms with E-state index in [9.17, 15) is 28.2 Å². The van der Waals surface area contributed by atoms with Crippen molar-refractivity contribution in [1.29, 1.82) is 0 Å². The Hall–Kier alpha value is -2.02. The first-order valence-corrected chi connectivity index (χ1v) is 5.74. The monoisotopic (exact) mass is 287 g/mol. The summed E-state index contributed by atoms with van der Waals surface area (Å²) in [6.45, 7) is 1.70. The molecule has 0 fully saturated rings. The topological polar surface area (TPSA) is 69.6 Å². The number of para-hydroxylation sites is 1. The van der Waals surface area contributed by atoms with Gasteiger partial charge in [0, 0.05) is 5.56 Å². The van der Waals surface area contributed by atoms with Crippen molar-refractivity contribution in [2.24, 2.45) is 0 Å². The third kappa shape index (κ3) is 2.03. The summed E-state index contributed by atoms with van der Waals surface area (Å²) < 4.78 is 43.5. The standard InChI is InChI=1S/C13H11F3O4/c1-2-7-4-3-5-8-6-9(11(17)18)12(19,13(14,15)16)20-10(7)8/h3-6,19H,2H2,1H3,(H,17,18)/p-1. The van der Waals surface area contributed by atoms with Gasteiger partial charge < -0.3 is 19.7 Å². The van der Waals surface area contributed by atoms with E-state index >= 15 is 0 Å². The highest BCUT2D eigenvalue weighted by Gasteiger charge is 2.61. The molecule has 0 saturated carbocycles. The van der Waals surface area contributed by atoms with E-state index < -0.39 is 23.5 Å². The molecule has 1 unspecified atom stereocenters. The molecular formula is C13H10F3O4-. The number of alkyl halides is 3. The van der Waals surface area contributed by atoms with E-state index in [-0.39, 0.29) is 11.3 Å². The smallest absolute Gasteiger partial charge is 0.460 e. The number of halogens is 3. The fourth-order valence-electron chi connectivity index (χ4n) is 1.99. The molecule has 2 rings (SSSR count). The Morgan fingerprint density at radius 1 is 1.45 bits per heavy atom. The molecule has 1 aliphatic heterocycles. The largest absolute Gasteiger partial charge is 0.545 e. The molecular weight excluding hydrogens is 277 g/mol. The first kappa shape index (κ1) is 14.4. The first-order valence-electron chi connectivity index (χ1n) is 5.74. The Labute approximate surface area is 112 Å². The summed E-state index contributed by atoms with van der Waals surface area (Å²) in [7, 11) is 0. The van der Waals surface area contributed by atoms with Crippen LogP contribution in [0, 0.1) is 0 Å². The average molecular weight is 287 g/mol. The maximum absolute atomic E-state index is 13.0. The molecule has 0 bridgehead atoms. The zero-order valence-electron chi connectivity index (χ0n) is 10.3. The molecule has 0 aliphatic carbocycles.